The van der Waals surface area contributed by atoms with Gasteiger partial charge >= 0.3 is 0 Å². The van der Waals surface area contributed by atoms with E-state index < -0.39 is 10.2 Å². The molecule has 1 fully saturated rings. The van der Waals surface area contributed by atoms with Gasteiger partial charge < -0.3 is 9.47 Å². The van der Waals surface area contributed by atoms with Crippen molar-refractivity contribution in [2.24, 2.45) is 0 Å². The van der Waals surface area contributed by atoms with Crippen molar-refractivity contribution in [3.05, 3.63) is 22.7 Å². The molecule has 7 nitrogen and oxygen atoms in total. The lowest BCUT2D eigenvalue weighted by atomic mass is 10.1. The highest BCUT2D eigenvalue weighted by atomic mass is 35.5. The molecule has 0 aliphatic carbocycles. The van der Waals surface area contributed by atoms with E-state index >= 15 is 0 Å². The maximum atomic E-state index is 12.2. The molecule has 0 unspecified atom stereocenters. The molecule has 1 aromatic rings. The fourth-order valence-corrected chi connectivity index (χ4v) is 4.36. The summed E-state index contributed by atoms with van der Waals surface area (Å²) >= 11 is 6.34. The Morgan fingerprint density at radius 3 is 2.48 bits per heavy atom. The topological polar surface area (TPSA) is 62.3 Å². The molecule has 1 aromatic carbocycles. The van der Waals surface area contributed by atoms with E-state index in [1.807, 2.05) is 12.1 Å². The van der Waals surface area contributed by atoms with Gasteiger partial charge in [0, 0.05) is 53.2 Å². The molecule has 0 bridgehead atoms. The van der Waals surface area contributed by atoms with Gasteiger partial charge in [-0.25, -0.2) is 0 Å². The second-order valence-electron chi connectivity index (χ2n) is 6.42. The van der Waals surface area contributed by atoms with E-state index in [1.54, 1.807) is 14.1 Å². The zero-order valence-electron chi connectivity index (χ0n) is 14.6. The first-order chi connectivity index (χ1) is 11.9. The Hall–Kier alpha value is -1.06. The maximum absolute atomic E-state index is 12.2. The van der Waals surface area contributed by atoms with Crippen LogP contribution in [0, 0.1) is 0 Å². The van der Waals surface area contributed by atoms with Gasteiger partial charge in [0.25, 0.3) is 10.2 Å². The molecular formula is C16H24ClN3O4S. The SMILES string of the molecule is CN(C)S(=O)(=O)N1CCN(Cc2cc(Cl)c3c(c2)OCCCO3)CC1. The Balaban J connectivity index is 1.65. The fraction of sp³-hybridized carbons (Fsp3) is 0.625. The van der Waals surface area contributed by atoms with Crippen LogP contribution >= 0.6 is 11.6 Å². The second kappa shape index (κ2) is 7.67. The van der Waals surface area contributed by atoms with Crippen molar-refractivity contribution in [1.29, 1.82) is 0 Å². The molecule has 9 heteroatoms. The molecule has 0 aromatic heterocycles. The van der Waals surface area contributed by atoms with E-state index in [0.29, 0.717) is 62.5 Å². The molecular weight excluding hydrogens is 366 g/mol. The van der Waals surface area contributed by atoms with E-state index in [4.69, 9.17) is 21.1 Å². The predicted octanol–water partition coefficient (Wildman–Crippen LogP) is 1.43. The number of nitrogens with zero attached hydrogens (tertiary/aromatic N) is 3. The minimum Gasteiger partial charge on any atom is -0.489 e. The molecule has 0 radical (unpaired) electrons. The summed E-state index contributed by atoms with van der Waals surface area (Å²) < 4.78 is 38.5. The van der Waals surface area contributed by atoms with Gasteiger partial charge in [-0.15, -0.1) is 0 Å². The lowest BCUT2D eigenvalue weighted by Gasteiger charge is -2.35. The molecule has 0 N–H and O–H groups in total. The molecule has 140 valence electrons. The van der Waals surface area contributed by atoms with E-state index in [2.05, 4.69) is 4.90 Å². The normalized spacial score (nSPS) is 19.8. The van der Waals surface area contributed by atoms with Gasteiger partial charge in [-0.3, -0.25) is 4.90 Å². The highest BCUT2D eigenvalue weighted by Crippen LogP contribution is 2.38. The van der Waals surface area contributed by atoms with Crippen LogP contribution < -0.4 is 9.47 Å². The predicted molar refractivity (Wildman–Crippen MR) is 96.5 cm³/mol. The van der Waals surface area contributed by atoms with Gasteiger partial charge in [0.2, 0.25) is 0 Å². The van der Waals surface area contributed by atoms with E-state index in [1.165, 1.54) is 8.61 Å². The highest BCUT2D eigenvalue weighted by molar-refractivity contribution is 7.86. The molecule has 2 aliphatic heterocycles. The average molecular weight is 390 g/mol. The van der Waals surface area contributed by atoms with Crippen LogP contribution in [0.25, 0.3) is 0 Å². The van der Waals surface area contributed by atoms with Gasteiger partial charge in [0.1, 0.15) is 0 Å². The number of fused-ring (bicyclic) bond motifs is 1. The lowest BCUT2D eigenvalue weighted by molar-refractivity contribution is 0.177. The minimum atomic E-state index is -3.34. The third-order valence-corrected chi connectivity index (χ3v) is 6.61. The van der Waals surface area contributed by atoms with Gasteiger partial charge in [-0.2, -0.15) is 17.0 Å². The van der Waals surface area contributed by atoms with Gasteiger partial charge in [-0.05, 0) is 17.7 Å². The van der Waals surface area contributed by atoms with Crippen LogP contribution in [0.15, 0.2) is 12.1 Å². The van der Waals surface area contributed by atoms with Gasteiger partial charge in [0.15, 0.2) is 11.5 Å². The molecule has 0 spiro atoms. The molecule has 0 amide bonds. The minimum absolute atomic E-state index is 0.485. The van der Waals surface area contributed by atoms with E-state index in [-0.39, 0.29) is 0 Å². The van der Waals surface area contributed by atoms with Crippen molar-refractivity contribution in [3.63, 3.8) is 0 Å². The summed E-state index contributed by atoms with van der Waals surface area (Å²) in [6, 6.07) is 3.87. The van der Waals surface area contributed by atoms with E-state index in [0.717, 1.165) is 12.0 Å². The summed E-state index contributed by atoms with van der Waals surface area (Å²) in [7, 11) is -0.223. The molecule has 0 atom stereocenters. The van der Waals surface area contributed by atoms with Crippen LogP contribution in [0.1, 0.15) is 12.0 Å². The number of benzene rings is 1. The third kappa shape index (κ3) is 4.20. The summed E-state index contributed by atoms with van der Waals surface area (Å²) in [5, 5.41) is 0.559. The van der Waals surface area contributed by atoms with Crippen LogP contribution in [0.2, 0.25) is 5.02 Å². The van der Waals surface area contributed by atoms with Gasteiger partial charge in [-0.1, -0.05) is 11.6 Å². The summed E-state index contributed by atoms with van der Waals surface area (Å²) in [4.78, 5) is 2.22. The Morgan fingerprint density at radius 1 is 1.12 bits per heavy atom. The number of hydrogen-bond acceptors (Lipinski definition) is 5. The monoisotopic (exact) mass is 389 g/mol. The summed E-state index contributed by atoms with van der Waals surface area (Å²) in [6.07, 6.45) is 0.836. The van der Waals surface area contributed by atoms with Crippen LogP contribution in [-0.2, 0) is 16.8 Å². The fourth-order valence-electron chi connectivity index (χ4n) is 2.98. The molecule has 2 aliphatic rings. The van der Waals surface area contributed by atoms with E-state index in [9.17, 15) is 8.42 Å². The van der Waals surface area contributed by atoms with Crippen LogP contribution in [0.5, 0.6) is 11.5 Å². The zero-order chi connectivity index (χ0) is 18.0. The first-order valence-electron chi connectivity index (χ1n) is 8.36. The molecule has 2 heterocycles. The molecule has 1 saturated heterocycles. The zero-order valence-corrected chi connectivity index (χ0v) is 16.1. The standard InChI is InChI=1S/C16H24ClN3O4S/c1-18(2)25(21,22)20-6-4-19(5-7-20)12-13-10-14(17)16-15(11-13)23-8-3-9-24-16/h10-11H,3-9,12H2,1-2H3. The van der Waals surface area contributed by atoms with Crippen molar-refractivity contribution in [1.82, 2.24) is 13.5 Å². The van der Waals surface area contributed by atoms with Crippen molar-refractivity contribution in [2.75, 3.05) is 53.5 Å². The van der Waals surface area contributed by atoms with Crippen LogP contribution in [-0.4, -0.2) is 75.4 Å². The van der Waals surface area contributed by atoms with Crippen molar-refractivity contribution in [3.8, 4) is 11.5 Å². The Morgan fingerprint density at radius 2 is 1.80 bits per heavy atom. The molecule has 0 saturated carbocycles. The number of piperazine rings is 1. The Kier molecular flexibility index (Phi) is 5.75. The van der Waals surface area contributed by atoms with Crippen LogP contribution in [0.4, 0.5) is 0 Å². The van der Waals surface area contributed by atoms with Crippen molar-refractivity contribution >= 4 is 21.8 Å². The summed E-state index contributed by atoms with van der Waals surface area (Å²) in [6.45, 7) is 4.25. The molecule has 3 rings (SSSR count). The molecule has 25 heavy (non-hydrogen) atoms. The average Bonchev–Trinajstić information content (AvgIpc) is 2.81. The second-order valence-corrected chi connectivity index (χ2v) is 8.97. The number of rotatable bonds is 4. The quantitative estimate of drug-likeness (QED) is 0.779. The number of ether oxygens (including phenoxy) is 2. The van der Waals surface area contributed by atoms with Crippen LogP contribution in [0.3, 0.4) is 0 Å². The highest BCUT2D eigenvalue weighted by Gasteiger charge is 2.28. The Bertz CT molecular complexity index is 718. The largest absolute Gasteiger partial charge is 0.489 e. The third-order valence-electron chi connectivity index (χ3n) is 4.39. The Labute approximate surface area is 154 Å². The lowest BCUT2D eigenvalue weighted by Crippen LogP contribution is -2.51. The summed E-state index contributed by atoms with van der Waals surface area (Å²) in [5.41, 5.74) is 1.04. The number of hydrogen-bond donors (Lipinski definition) is 0. The first kappa shape index (κ1) is 18.7. The first-order valence-corrected chi connectivity index (χ1v) is 10.1. The van der Waals surface area contributed by atoms with Gasteiger partial charge in [0.05, 0.1) is 18.2 Å². The maximum Gasteiger partial charge on any atom is 0.281 e. The summed E-state index contributed by atoms with van der Waals surface area (Å²) in [5.74, 6) is 1.30. The van der Waals surface area contributed by atoms with Crippen molar-refractivity contribution in [2.45, 2.75) is 13.0 Å². The van der Waals surface area contributed by atoms with Crippen molar-refractivity contribution < 1.29 is 17.9 Å². The number of halogens is 1. The smallest absolute Gasteiger partial charge is 0.281 e.